The third-order valence-electron chi connectivity index (χ3n) is 5.83. The van der Waals surface area contributed by atoms with E-state index in [0.29, 0.717) is 11.4 Å². The second-order valence-electron chi connectivity index (χ2n) is 8.10. The number of carbonyl (C=O) groups is 1. The van der Waals surface area contributed by atoms with Gasteiger partial charge in [0, 0.05) is 29.7 Å². The van der Waals surface area contributed by atoms with Crippen molar-refractivity contribution in [2.75, 3.05) is 23.3 Å². The van der Waals surface area contributed by atoms with Crippen LogP contribution in [0.25, 0.3) is 22.2 Å². The number of benzene rings is 2. The quantitative estimate of drug-likeness (QED) is 0.481. The molecule has 6 heteroatoms. The van der Waals surface area contributed by atoms with Crippen molar-refractivity contribution < 1.29 is 4.79 Å². The lowest BCUT2D eigenvalue weighted by molar-refractivity contribution is 0.102. The first kappa shape index (κ1) is 20.1. The molecule has 0 spiro atoms. The molecule has 6 nitrogen and oxygen atoms in total. The number of hydrogen-bond donors (Lipinski definition) is 1. The molecule has 1 amide bonds. The predicted molar refractivity (Wildman–Crippen MR) is 128 cm³/mol. The van der Waals surface area contributed by atoms with E-state index in [1.54, 1.807) is 6.07 Å². The summed E-state index contributed by atoms with van der Waals surface area (Å²) in [4.78, 5) is 19.5. The van der Waals surface area contributed by atoms with Crippen molar-refractivity contribution in [2.24, 2.45) is 0 Å². The molecule has 2 aromatic heterocycles. The lowest BCUT2D eigenvalue weighted by atomic mass is 10.1. The highest BCUT2D eigenvalue weighted by Gasteiger charge is 2.13. The molecule has 160 valence electrons. The third-order valence-corrected chi connectivity index (χ3v) is 5.83. The van der Waals surface area contributed by atoms with E-state index in [2.05, 4.69) is 25.4 Å². The Morgan fingerprint density at radius 2 is 1.66 bits per heavy atom. The van der Waals surface area contributed by atoms with Crippen LogP contribution in [0.3, 0.4) is 0 Å². The van der Waals surface area contributed by atoms with Crippen LogP contribution in [0, 0.1) is 0 Å². The van der Waals surface area contributed by atoms with Gasteiger partial charge in [-0.15, -0.1) is 10.2 Å². The second-order valence-corrected chi connectivity index (χ2v) is 8.10. The van der Waals surface area contributed by atoms with E-state index in [-0.39, 0.29) is 5.91 Å². The van der Waals surface area contributed by atoms with Crippen LogP contribution in [0.15, 0.2) is 72.8 Å². The third kappa shape index (κ3) is 4.44. The minimum atomic E-state index is -0.240. The smallest absolute Gasteiger partial charge is 0.274 e. The summed E-state index contributed by atoms with van der Waals surface area (Å²) < 4.78 is 0. The van der Waals surface area contributed by atoms with Crippen LogP contribution < -0.4 is 10.2 Å². The molecule has 1 N–H and O–H groups in total. The van der Waals surface area contributed by atoms with Crippen LogP contribution in [0.5, 0.6) is 0 Å². The average Bonchev–Trinajstić information content (AvgIpc) is 3.14. The van der Waals surface area contributed by atoms with Crippen molar-refractivity contribution in [3.8, 4) is 11.3 Å². The molecule has 1 aliphatic rings. The lowest BCUT2D eigenvalue weighted by Gasteiger charge is -2.20. The van der Waals surface area contributed by atoms with Crippen molar-refractivity contribution in [3.05, 3.63) is 78.5 Å². The number of hydrogen-bond acceptors (Lipinski definition) is 5. The lowest BCUT2D eigenvalue weighted by Crippen LogP contribution is -2.25. The van der Waals surface area contributed by atoms with Crippen LogP contribution in [0.2, 0.25) is 0 Å². The molecule has 3 heterocycles. The monoisotopic (exact) mass is 423 g/mol. The van der Waals surface area contributed by atoms with E-state index in [1.807, 2.05) is 66.7 Å². The molecule has 0 atom stereocenters. The Morgan fingerprint density at radius 1 is 0.812 bits per heavy atom. The molecule has 2 aromatic carbocycles. The van der Waals surface area contributed by atoms with Crippen molar-refractivity contribution in [3.63, 3.8) is 0 Å². The maximum Gasteiger partial charge on any atom is 0.274 e. The normalized spacial score (nSPS) is 14.2. The first-order chi connectivity index (χ1) is 15.8. The van der Waals surface area contributed by atoms with Gasteiger partial charge < -0.3 is 10.2 Å². The topological polar surface area (TPSA) is 71.0 Å². The Hall–Kier alpha value is -3.80. The molecular weight excluding hydrogens is 398 g/mol. The van der Waals surface area contributed by atoms with E-state index in [9.17, 15) is 4.79 Å². The van der Waals surface area contributed by atoms with Crippen LogP contribution >= 0.6 is 0 Å². The highest BCUT2D eigenvalue weighted by molar-refractivity contribution is 6.04. The zero-order valence-electron chi connectivity index (χ0n) is 17.9. The van der Waals surface area contributed by atoms with Crippen molar-refractivity contribution in [1.82, 2.24) is 15.2 Å². The number of para-hydroxylation sites is 1. The van der Waals surface area contributed by atoms with E-state index in [4.69, 9.17) is 0 Å². The number of nitrogens with one attached hydrogen (secondary N) is 1. The number of aromatic nitrogens is 3. The molecule has 0 unspecified atom stereocenters. The average molecular weight is 424 g/mol. The zero-order chi connectivity index (χ0) is 21.8. The molecule has 0 bridgehead atoms. The number of carbonyl (C=O) groups excluding carboxylic acids is 1. The van der Waals surface area contributed by atoms with Crippen LogP contribution in [-0.2, 0) is 0 Å². The fraction of sp³-hybridized carbons (Fsp3) is 0.231. The van der Waals surface area contributed by atoms with Gasteiger partial charge in [0.1, 0.15) is 5.69 Å². The molecule has 1 aliphatic heterocycles. The first-order valence-corrected chi connectivity index (χ1v) is 11.1. The molecular formula is C26H25N5O. The van der Waals surface area contributed by atoms with Crippen LogP contribution in [0.4, 0.5) is 11.5 Å². The molecule has 0 saturated carbocycles. The summed E-state index contributed by atoms with van der Waals surface area (Å²) in [5.74, 6) is 0.693. The van der Waals surface area contributed by atoms with E-state index >= 15 is 0 Å². The van der Waals surface area contributed by atoms with Gasteiger partial charge in [0.05, 0.1) is 11.2 Å². The van der Waals surface area contributed by atoms with E-state index < -0.39 is 0 Å². The Balaban J connectivity index is 1.32. The van der Waals surface area contributed by atoms with Gasteiger partial charge in [0.2, 0.25) is 0 Å². The molecule has 0 aliphatic carbocycles. The number of fused-ring (bicyclic) bond motifs is 1. The molecule has 1 fully saturated rings. The van der Waals surface area contributed by atoms with E-state index in [1.165, 1.54) is 25.7 Å². The van der Waals surface area contributed by atoms with Crippen molar-refractivity contribution in [1.29, 1.82) is 0 Å². The first-order valence-electron chi connectivity index (χ1n) is 11.1. The summed E-state index contributed by atoms with van der Waals surface area (Å²) in [5.41, 5.74) is 3.57. The summed E-state index contributed by atoms with van der Waals surface area (Å²) in [6.45, 7) is 2.08. The van der Waals surface area contributed by atoms with Gasteiger partial charge in [0.25, 0.3) is 5.91 Å². The van der Waals surface area contributed by atoms with Gasteiger partial charge >= 0.3 is 0 Å². The van der Waals surface area contributed by atoms with E-state index in [0.717, 1.165) is 41.1 Å². The number of amides is 1. The summed E-state index contributed by atoms with van der Waals surface area (Å²) in [5, 5.41) is 12.9. The highest BCUT2D eigenvalue weighted by atomic mass is 16.1. The Kier molecular flexibility index (Phi) is 5.75. The summed E-state index contributed by atoms with van der Waals surface area (Å²) in [6, 6.07) is 23.1. The van der Waals surface area contributed by atoms with Crippen molar-refractivity contribution in [2.45, 2.75) is 25.7 Å². The minimum Gasteiger partial charge on any atom is -0.355 e. The highest BCUT2D eigenvalue weighted by Crippen LogP contribution is 2.23. The number of pyridine rings is 1. The van der Waals surface area contributed by atoms with Crippen molar-refractivity contribution >= 4 is 28.3 Å². The summed E-state index contributed by atoms with van der Waals surface area (Å²) in [6.07, 6.45) is 4.99. The van der Waals surface area contributed by atoms with Gasteiger partial charge in [-0.2, -0.15) is 0 Å². The Morgan fingerprint density at radius 3 is 2.47 bits per heavy atom. The standard InChI is InChI=1S/C26H25N5O/c32-26(24-13-12-19-8-3-4-11-22(19)28-24)27-21-10-7-9-20(18-21)23-14-15-25(30-29-23)31-16-5-1-2-6-17-31/h3-4,7-15,18H,1-2,5-6,16-17H2,(H,27,32). The van der Waals surface area contributed by atoms with Crippen LogP contribution in [0.1, 0.15) is 36.2 Å². The van der Waals surface area contributed by atoms with Gasteiger partial charge in [-0.1, -0.05) is 49.2 Å². The number of anilines is 2. The van der Waals surface area contributed by atoms with Gasteiger partial charge in [0.15, 0.2) is 5.82 Å². The Bertz CT molecular complexity index is 1230. The SMILES string of the molecule is O=C(Nc1cccc(-c2ccc(N3CCCCCC3)nn2)c1)c1ccc2ccccc2n1. The molecule has 0 radical (unpaired) electrons. The molecule has 5 rings (SSSR count). The predicted octanol–water partition coefficient (Wildman–Crippen LogP) is 5.32. The molecule has 32 heavy (non-hydrogen) atoms. The summed E-state index contributed by atoms with van der Waals surface area (Å²) >= 11 is 0. The number of rotatable bonds is 4. The fourth-order valence-electron chi connectivity index (χ4n) is 4.09. The minimum absolute atomic E-state index is 0.240. The van der Waals surface area contributed by atoms with Gasteiger partial charge in [-0.3, -0.25) is 4.79 Å². The maximum absolute atomic E-state index is 12.7. The molecule has 1 saturated heterocycles. The van der Waals surface area contributed by atoms with Crippen LogP contribution in [-0.4, -0.2) is 34.2 Å². The number of nitrogens with zero attached hydrogens (tertiary/aromatic N) is 4. The fourth-order valence-corrected chi connectivity index (χ4v) is 4.09. The maximum atomic E-state index is 12.7. The Labute approximate surface area is 187 Å². The van der Waals surface area contributed by atoms with Gasteiger partial charge in [-0.05, 0) is 49.2 Å². The largest absolute Gasteiger partial charge is 0.355 e. The molecule has 4 aromatic rings. The zero-order valence-corrected chi connectivity index (χ0v) is 17.9. The van der Waals surface area contributed by atoms with Gasteiger partial charge in [-0.25, -0.2) is 4.98 Å². The summed E-state index contributed by atoms with van der Waals surface area (Å²) in [7, 11) is 0. The second kappa shape index (κ2) is 9.14.